The van der Waals surface area contributed by atoms with Gasteiger partial charge in [-0.05, 0) is 28.0 Å². The summed E-state index contributed by atoms with van der Waals surface area (Å²) in [5.41, 5.74) is 5.47. The van der Waals surface area contributed by atoms with Gasteiger partial charge in [0, 0.05) is 18.8 Å². The molecule has 0 saturated heterocycles. The maximum Gasteiger partial charge on any atom is 0.134 e. The molecule has 3 aliphatic carbocycles. The third-order valence-electron chi connectivity index (χ3n) is 5.26. The van der Waals surface area contributed by atoms with Crippen molar-refractivity contribution in [1.82, 2.24) is 0 Å². The number of fused-ring (bicyclic) bond motifs is 5. The van der Waals surface area contributed by atoms with Crippen LogP contribution < -0.4 is 0 Å². The van der Waals surface area contributed by atoms with Crippen LogP contribution in [0, 0.1) is 17.3 Å². The van der Waals surface area contributed by atoms with Crippen LogP contribution in [0.3, 0.4) is 0 Å². The average molecular weight is 276 g/mol. The summed E-state index contributed by atoms with van der Waals surface area (Å²) in [7, 11) is 0. The van der Waals surface area contributed by atoms with Crippen LogP contribution in [0.5, 0.6) is 0 Å². The molecule has 21 heavy (non-hydrogen) atoms. The summed E-state index contributed by atoms with van der Waals surface area (Å²) < 4.78 is 0. The third kappa shape index (κ3) is 1.87. The van der Waals surface area contributed by atoms with E-state index >= 15 is 0 Å². The standard InChI is InChI=1S/C20H20O/c1-20(2)12-14(21)11-18-17-8-7-13-5-3-4-6-15(13)16(17)9-10-19(18)20/h3-10,17-18H,11-12H2,1-2H3/t17?,18-/m1/s1. The van der Waals surface area contributed by atoms with Gasteiger partial charge >= 0.3 is 0 Å². The molecule has 4 rings (SSSR count). The van der Waals surface area contributed by atoms with Crippen LogP contribution in [0.4, 0.5) is 0 Å². The normalized spacial score (nSPS) is 29.0. The van der Waals surface area contributed by atoms with Crippen molar-refractivity contribution in [3.8, 4) is 0 Å². The molecule has 2 atom stereocenters. The molecule has 1 fully saturated rings. The highest BCUT2D eigenvalue weighted by Crippen LogP contribution is 2.52. The molecule has 1 aromatic carbocycles. The first-order valence-corrected chi connectivity index (χ1v) is 7.78. The summed E-state index contributed by atoms with van der Waals surface area (Å²) in [6.07, 6.45) is 10.5. The van der Waals surface area contributed by atoms with Gasteiger partial charge in [0.2, 0.25) is 0 Å². The number of carbonyl (C=O) groups is 1. The largest absolute Gasteiger partial charge is 0.300 e. The minimum Gasteiger partial charge on any atom is -0.300 e. The van der Waals surface area contributed by atoms with Crippen molar-refractivity contribution in [2.75, 3.05) is 0 Å². The van der Waals surface area contributed by atoms with Gasteiger partial charge in [-0.1, -0.05) is 68.0 Å². The van der Waals surface area contributed by atoms with Gasteiger partial charge in [0.25, 0.3) is 0 Å². The molecule has 0 amide bonds. The molecule has 0 aromatic heterocycles. The first kappa shape index (κ1) is 12.8. The van der Waals surface area contributed by atoms with Crippen LogP contribution in [-0.4, -0.2) is 5.78 Å². The van der Waals surface area contributed by atoms with Gasteiger partial charge in [-0.2, -0.15) is 0 Å². The van der Waals surface area contributed by atoms with E-state index in [1.807, 2.05) is 0 Å². The smallest absolute Gasteiger partial charge is 0.134 e. The summed E-state index contributed by atoms with van der Waals surface area (Å²) >= 11 is 0. The van der Waals surface area contributed by atoms with Gasteiger partial charge in [-0.15, -0.1) is 0 Å². The van der Waals surface area contributed by atoms with E-state index in [0.29, 0.717) is 30.5 Å². The lowest BCUT2D eigenvalue weighted by Crippen LogP contribution is -2.37. The Labute approximate surface area is 126 Å². The molecular weight excluding hydrogens is 256 g/mol. The molecule has 0 bridgehead atoms. The minimum absolute atomic E-state index is 0.00678. The van der Waals surface area contributed by atoms with Crippen LogP contribution >= 0.6 is 0 Å². The molecule has 0 aliphatic heterocycles. The van der Waals surface area contributed by atoms with Crippen LogP contribution in [0.25, 0.3) is 11.6 Å². The number of hydrogen-bond acceptors (Lipinski definition) is 1. The highest BCUT2D eigenvalue weighted by atomic mass is 16.1. The molecule has 0 radical (unpaired) electrons. The summed E-state index contributed by atoms with van der Waals surface area (Å²) in [4.78, 5) is 12.2. The number of ketones is 1. The fraction of sp³-hybridized carbons (Fsp3) is 0.350. The van der Waals surface area contributed by atoms with Crippen molar-refractivity contribution < 1.29 is 4.79 Å². The van der Waals surface area contributed by atoms with Crippen molar-refractivity contribution in [1.29, 1.82) is 0 Å². The molecule has 3 aliphatic rings. The van der Waals surface area contributed by atoms with E-state index in [-0.39, 0.29) is 5.41 Å². The molecule has 1 saturated carbocycles. The Hall–Kier alpha value is -1.89. The summed E-state index contributed by atoms with van der Waals surface area (Å²) in [5.74, 6) is 1.13. The zero-order valence-corrected chi connectivity index (χ0v) is 12.6. The van der Waals surface area contributed by atoms with E-state index in [1.54, 1.807) is 0 Å². The Balaban J connectivity index is 1.86. The summed E-state index contributed by atoms with van der Waals surface area (Å²) in [6.45, 7) is 4.42. The van der Waals surface area contributed by atoms with Crippen molar-refractivity contribution in [2.24, 2.45) is 17.3 Å². The summed E-state index contributed by atoms with van der Waals surface area (Å²) in [5, 5.41) is 0. The van der Waals surface area contributed by atoms with Crippen LogP contribution in [0.2, 0.25) is 0 Å². The number of Topliss-reactive ketones (excluding diaryl/α,β-unsaturated/α-hetero) is 1. The predicted octanol–water partition coefficient (Wildman–Crippen LogP) is 4.66. The van der Waals surface area contributed by atoms with Crippen molar-refractivity contribution in [3.63, 3.8) is 0 Å². The fourth-order valence-corrected chi connectivity index (χ4v) is 4.32. The number of hydrogen-bond donors (Lipinski definition) is 0. The SMILES string of the molecule is CC1(C)CC(=O)C[C@H]2C1=CC=C1c3ccccc3C=CC12. The number of allylic oxidation sites excluding steroid dienone is 5. The third-order valence-corrected chi connectivity index (χ3v) is 5.26. The molecule has 0 spiro atoms. The molecule has 0 heterocycles. The zero-order valence-electron chi connectivity index (χ0n) is 12.6. The number of rotatable bonds is 0. The highest BCUT2D eigenvalue weighted by molar-refractivity contribution is 5.87. The Morgan fingerprint density at radius 3 is 2.81 bits per heavy atom. The van der Waals surface area contributed by atoms with E-state index in [9.17, 15) is 4.79 Å². The van der Waals surface area contributed by atoms with Crippen molar-refractivity contribution in [3.05, 3.63) is 59.2 Å². The zero-order chi connectivity index (χ0) is 14.6. The number of carbonyl (C=O) groups excluding carboxylic acids is 1. The first-order chi connectivity index (χ1) is 10.1. The number of benzene rings is 1. The lowest BCUT2D eigenvalue weighted by atomic mass is 9.59. The van der Waals surface area contributed by atoms with Gasteiger partial charge in [0.15, 0.2) is 0 Å². The highest BCUT2D eigenvalue weighted by Gasteiger charge is 2.43. The first-order valence-electron chi connectivity index (χ1n) is 7.78. The quantitative estimate of drug-likeness (QED) is 0.673. The molecule has 1 unspecified atom stereocenters. The minimum atomic E-state index is 0.00678. The van der Waals surface area contributed by atoms with Crippen molar-refractivity contribution >= 4 is 17.4 Å². The van der Waals surface area contributed by atoms with Crippen LogP contribution in [-0.2, 0) is 4.79 Å². The van der Waals surface area contributed by atoms with E-state index in [1.165, 1.54) is 22.3 Å². The lowest BCUT2D eigenvalue weighted by Gasteiger charge is -2.44. The maximum absolute atomic E-state index is 12.2. The molecule has 1 heteroatoms. The predicted molar refractivity (Wildman–Crippen MR) is 86.5 cm³/mol. The second-order valence-electron chi connectivity index (χ2n) is 7.13. The van der Waals surface area contributed by atoms with E-state index in [2.05, 4.69) is 62.4 Å². The molecule has 1 nitrogen and oxygen atoms in total. The van der Waals surface area contributed by atoms with Gasteiger partial charge < -0.3 is 0 Å². The Bertz CT molecular complexity index is 715. The maximum atomic E-state index is 12.2. The van der Waals surface area contributed by atoms with Crippen molar-refractivity contribution in [2.45, 2.75) is 26.7 Å². The molecule has 0 N–H and O–H groups in total. The second-order valence-corrected chi connectivity index (χ2v) is 7.13. The van der Waals surface area contributed by atoms with E-state index in [0.717, 1.165) is 0 Å². The van der Waals surface area contributed by atoms with Gasteiger partial charge in [-0.25, -0.2) is 0 Å². The molecule has 106 valence electrons. The fourth-order valence-electron chi connectivity index (χ4n) is 4.32. The van der Waals surface area contributed by atoms with E-state index < -0.39 is 0 Å². The summed E-state index contributed by atoms with van der Waals surface area (Å²) in [6, 6.07) is 8.55. The molecular formula is C20H20O. The second kappa shape index (κ2) is 4.30. The Morgan fingerprint density at radius 1 is 1.14 bits per heavy atom. The Morgan fingerprint density at radius 2 is 1.95 bits per heavy atom. The monoisotopic (exact) mass is 276 g/mol. The topological polar surface area (TPSA) is 17.1 Å². The van der Waals surface area contributed by atoms with Gasteiger partial charge in [0.1, 0.15) is 5.78 Å². The van der Waals surface area contributed by atoms with Gasteiger partial charge in [-0.3, -0.25) is 4.79 Å². The van der Waals surface area contributed by atoms with Gasteiger partial charge in [0.05, 0.1) is 0 Å². The lowest BCUT2D eigenvalue weighted by molar-refractivity contribution is -0.123. The van der Waals surface area contributed by atoms with Crippen LogP contribution in [0.1, 0.15) is 37.8 Å². The Kier molecular flexibility index (Phi) is 2.63. The van der Waals surface area contributed by atoms with Crippen LogP contribution in [0.15, 0.2) is 48.1 Å². The average Bonchev–Trinajstić information content (AvgIpc) is 2.45. The molecule has 1 aromatic rings. The van der Waals surface area contributed by atoms with E-state index in [4.69, 9.17) is 0 Å².